The van der Waals surface area contributed by atoms with Crippen molar-refractivity contribution in [3.63, 3.8) is 0 Å². The number of carbonyl (C=O) groups is 1. The third-order valence-corrected chi connectivity index (χ3v) is 2.50. The molecule has 88 valence electrons. The summed E-state index contributed by atoms with van der Waals surface area (Å²) in [5.74, 6) is 0.495. The van der Waals surface area contributed by atoms with Gasteiger partial charge in [-0.3, -0.25) is 4.79 Å². The summed E-state index contributed by atoms with van der Waals surface area (Å²) in [5, 5.41) is 2.70. The van der Waals surface area contributed by atoms with E-state index in [1.54, 1.807) is 6.20 Å². The molecule has 0 aliphatic carbocycles. The lowest BCUT2D eigenvalue weighted by Gasteiger charge is -2.04. The predicted molar refractivity (Wildman–Crippen MR) is 64.5 cm³/mol. The molecule has 0 spiro atoms. The van der Waals surface area contributed by atoms with Crippen molar-refractivity contribution in [2.75, 3.05) is 5.88 Å². The van der Waals surface area contributed by atoms with Gasteiger partial charge in [0.05, 0.1) is 6.20 Å². The highest BCUT2D eigenvalue weighted by molar-refractivity contribution is 6.27. The van der Waals surface area contributed by atoms with Gasteiger partial charge in [0.25, 0.3) is 0 Å². The summed E-state index contributed by atoms with van der Waals surface area (Å²) in [6.07, 6.45) is 3.04. The Hall–Kier alpha value is -1.81. The van der Waals surface area contributed by atoms with E-state index in [1.165, 1.54) is 6.39 Å². The van der Waals surface area contributed by atoms with Crippen LogP contribution in [0.25, 0.3) is 11.3 Å². The van der Waals surface area contributed by atoms with E-state index in [1.807, 2.05) is 24.3 Å². The molecule has 17 heavy (non-hydrogen) atoms. The Morgan fingerprint density at radius 2 is 2.35 bits per heavy atom. The van der Waals surface area contributed by atoms with E-state index >= 15 is 0 Å². The van der Waals surface area contributed by atoms with E-state index in [2.05, 4.69) is 10.3 Å². The molecule has 0 radical (unpaired) electrons. The lowest BCUT2D eigenvalue weighted by molar-refractivity contribution is -0.118. The average Bonchev–Trinajstić information content (AvgIpc) is 2.90. The molecule has 1 amide bonds. The number of hydrogen-bond acceptors (Lipinski definition) is 3. The van der Waals surface area contributed by atoms with Crippen molar-refractivity contribution < 1.29 is 9.21 Å². The van der Waals surface area contributed by atoms with Gasteiger partial charge < -0.3 is 9.73 Å². The second kappa shape index (κ2) is 5.50. The van der Waals surface area contributed by atoms with Crippen LogP contribution in [-0.4, -0.2) is 16.8 Å². The molecule has 0 aliphatic heterocycles. The molecular weight excluding hydrogens is 240 g/mol. The van der Waals surface area contributed by atoms with E-state index in [9.17, 15) is 4.79 Å². The van der Waals surface area contributed by atoms with Crippen molar-refractivity contribution >= 4 is 17.5 Å². The van der Waals surface area contributed by atoms with Gasteiger partial charge in [-0.05, 0) is 11.6 Å². The van der Waals surface area contributed by atoms with E-state index in [0.29, 0.717) is 12.3 Å². The molecule has 2 rings (SSSR count). The molecule has 0 unspecified atom stereocenters. The van der Waals surface area contributed by atoms with Crippen LogP contribution in [0.1, 0.15) is 5.56 Å². The van der Waals surface area contributed by atoms with Gasteiger partial charge in [-0.1, -0.05) is 18.2 Å². The first kappa shape index (κ1) is 11.7. The summed E-state index contributed by atoms with van der Waals surface area (Å²) in [7, 11) is 0. The molecule has 0 saturated heterocycles. The van der Waals surface area contributed by atoms with Gasteiger partial charge >= 0.3 is 0 Å². The third-order valence-electron chi connectivity index (χ3n) is 2.25. The Kier molecular flexibility index (Phi) is 3.77. The number of aromatic nitrogens is 1. The Balaban J connectivity index is 2.09. The van der Waals surface area contributed by atoms with Crippen LogP contribution in [0, 0.1) is 0 Å². The molecule has 2 aromatic rings. The molecule has 0 fully saturated rings. The van der Waals surface area contributed by atoms with Crippen LogP contribution in [0.5, 0.6) is 0 Å². The Morgan fingerprint density at radius 3 is 3.06 bits per heavy atom. The fraction of sp³-hybridized carbons (Fsp3) is 0.167. The number of amides is 1. The SMILES string of the molecule is O=C(CCl)NCc1cccc(-c2cnco2)c1. The van der Waals surface area contributed by atoms with Gasteiger partial charge in [0.2, 0.25) is 5.91 Å². The summed E-state index contributed by atoms with van der Waals surface area (Å²) in [5.41, 5.74) is 1.91. The van der Waals surface area contributed by atoms with Crippen LogP contribution < -0.4 is 5.32 Å². The first-order chi connectivity index (χ1) is 8.29. The normalized spacial score (nSPS) is 10.2. The summed E-state index contributed by atoms with van der Waals surface area (Å²) < 4.78 is 5.20. The Labute approximate surface area is 104 Å². The van der Waals surface area contributed by atoms with Crippen molar-refractivity contribution in [2.24, 2.45) is 0 Å². The van der Waals surface area contributed by atoms with Crippen molar-refractivity contribution in [1.82, 2.24) is 10.3 Å². The van der Waals surface area contributed by atoms with Crippen molar-refractivity contribution in [3.8, 4) is 11.3 Å². The number of hydrogen-bond donors (Lipinski definition) is 1. The first-order valence-electron chi connectivity index (χ1n) is 5.10. The summed E-state index contributed by atoms with van der Waals surface area (Å²) in [4.78, 5) is 14.9. The number of benzene rings is 1. The largest absolute Gasteiger partial charge is 0.444 e. The zero-order chi connectivity index (χ0) is 12.1. The van der Waals surface area contributed by atoms with Crippen LogP contribution >= 0.6 is 11.6 Å². The maximum absolute atomic E-state index is 11.0. The summed E-state index contributed by atoms with van der Waals surface area (Å²) in [6.45, 7) is 0.452. The zero-order valence-electron chi connectivity index (χ0n) is 9.02. The smallest absolute Gasteiger partial charge is 0.235 e. The fourth-order valence-corrected chi connectivity index (χ4v) is 1.54. The third kappa shape index (κ3) is 3.07. The maximum atomic E-state index is 11.0. The van der Waals surface area contributed by atoms with Crippen molar-refractivity contribution in [3.05, 3.63) is 42.4 Å². The molecule has 0 bridgehead atoms. The number of nitrogens with one attached hydrogen (secondary N) is 1. The van der Waals surface area contributed by atoms with Crippen molar-refractivity contribution in [2.45, 2.75) is 6.54 Å². The van der Waals surface area contributed by atoms with Crippen molar-refractivity contribution in [1.29, 1.82) is 0 Å². The maximum Gasteiger partial charge on any atom is 0.235 e. The Morgan fingerprint density at radius 1 is 1.47 bits per heavy atom. The summed E-state index contributed by atoms with van der Waals surface area (Å²) in [6, 6.07) is 7.69. The molecule has 1 aromatic carbocycles. The number of oxazole rings is 1. The molecule has 1 aromatic heterocycles. The Bertz CT molecular complexity index is 497. The summed E-state index contributed by atoms with van der Waals surface area (Å²) >= 11 is 5.40. The minimum atomic E-state index is -0.184. The lowest BCUT2D eigenvalue weighted by atomic mass is 10.1. The minimum absolute atomic E-state index is 0.0260. The van der Waals surface area contributed by atoms with Gasteiger partial charge in [-0.25, -0.2) is 4.98 Å². The molecule has 1 N–H and O–H groups in total. The van der Waals surface area contributed by atoms with Crippen LogP contribution in [-0.2, 0) is 11.3 Å². The molecular formula is C12H11ClN2O2. The standard InChI is InChI=1S/C12H11ClN2O2/c13-5-12(16)15-6-9-2-1-3-10(4-9)11-7-14-8-17-11/h1-4,7-8H,5-6H2,(H,15,16). The number of nitrogens with zero attached hydrogens (tertiary/aromatic N) is 1. The van der Waals surface area contributed by atoms with E-state index < -0.39 is 0 Å². The molecule has 0 saturated carbocycles. The number of rotatable bonds is 4. The highest BCUT2D eigenvalue weighted by Gasteiger charge is 2.03. The molecule has 0 atom stereocenters. The van der Waals surface area contributed by atoms with Gasteiger partial charge in [0, 0.05) is 12.1 Å². The lowest BCUT2D eigenvalue weighted by Crippen LogP contribution is -2.23. The van der Waals surface area contributed by atoms with E-state index in [4.69, 9.17) is 16.0 Å². The van der Waals surface area contributed by atoms with Crippen LogP contribution in [0.4, 0.5) is 0 Å². The fourth-order valence-electron chi connectivity index (χ4n) is 1.44. The molecule has 4 nitrogen and oxygen atoms in total. The topological polar surface area (TPSA) is 55.1 Å². The highest BCUT2D eigenvalue weighted by atomic mass is 35.5. The van der Waals surface area contributed by atoms with E-state index in [-0.39, 0.29) is 11.8 Å². The van der Waals surface area contributed by atoms with Crippen LogP contribution in [0.2, 0.25) is 0 Å². The number of alkyl halides is 1. The predicted octanol–water partition coefficient (Wildman–Crippen LogP) is 2.20. The van der Waals surface area contributed by atoms with Gasteiger partial charge in [0.15, 0.2) is 12.2 Å². The second-order valence-electron chi connectivity index (χ2n) is 3.48. The molecule has 5 heteroatoms. The molecule has 0 aliphatic rings. The van der Waals surface area contributed by atoms with Crippen LogP contribution in [0.15, 0.2) is 41.3 Å². The van der Waals surface area contributed by atoms with Gasteiger partial charge in [-0.15, -0.1) is 11.6 Å². The minimum Gasteiger partial charge on any atom is -0.444 e. The van der Waals surface area contributed by atoms with Gasteiger partial charge in [0.1, 0.15) is 5.88 Å². The first-order valence-corrected chi connectivity index (χ1v) is 5.63. The average molecular weight is 251 g/mol. The quantitative estimate of drug-likeness (QED) is 0.847. The number of halogens is 1. The van der Waals surface area contributed by atoms with Crippen LogP contribution in [0.3, 0.4) is 0 Å². The monoisotopic (exact) mass is 250 g/mol. The van der Waals surface area contributed by atoms with E-state index in [0.717, 1.165) is 11.1 Å². The van der Waals surface area contributed by atoms with Gasteiger partial charge in [-0.2, -0.15) is 0 Å². The zero-order valence-corrected chi connectivity index (χ0v) is 9.78. The number of carbonyl (C=O) groups excluding carboxylic acids is 1. The second-order valence-corrected chi connectivity index (χ2v) is 3.74. The molecule has 1 heterocycles. The highest BCUT2D eigenvalue weighted by Crippen LogP contribution is 2.19.